The average molecular weight is 304 g/mol. The maximum absolute atomic E-state index is 5.91. The first kappa shape index (κ1) is 16.8. The third-order valence-corrected chi connectivity index (χ3v) is 3.44. The van der Waals surface area contributed by atoms with Gasteiger partial charge in [-0.25, -0.2) is 4.99 Å². The second-order valence-electron chi connectivity index (χ2n) is 6.78. The minimum absolute atomic E-state index is 0.0637. The normalized spacial score (nSPS) is 17.5. The van der Waals surface area contributed by atoms with Crippen molar-refractivity contribution in [1.29, 1.82) is 0 Å². The van der Waals surface area contributed by atoms with Gasteiger partial charge in [-0.1, -0.05) is 24.3 Å². The Hall–Kier alpha value is -1.59. The summed E-state index contributed by atoms with van der Waals surface area (Å²) < 4.78 is 5.39. The van der Waals surface area contributed by atoms with Gasteiger partial charge in [0, 0.05) is 25.2 Å². The summed E-state index contributed by atoms with van der Waals surface area (Å²) in [4.78, 5) is 6.84. The summed E-state index contributed by atoms with van der Waals surface area (Å²) in [6, 6.07) is 8.56. The van der Waals surface area contributed by atoms with Crippen LogP contribution in [0.5, 0.6) is 0 Å². The molecule has 3 N–H and O–H groups in total. The number of nitrogens with two attached hydrogens (primary N) is 1. The van der Waals surface area contributed by atoms with Gasteiger partial charge in [0.05, 0.1) is 19.8 Å². The number of morpholine rings is 1. The number of ether oxygens (including phenoxy) is 1. The van der Waals surface area contributed by atoms with E-state index < -0.39 is 0 Å². The summed E-state index contributed by atoms with van der Waals surface area (Å²) in [5, 5.41) is 3.18. The van der Waals surface area contributed by atoms with Gasteiger partial charge in [0.2, 0.25) is 0 Å². The van der Waals surface area contributed by atoms with Crippen molar-refractivity contribution < 1.29 is 4.74 Å². The standard InChI is InChI=1S/C17H28N4O/c1-17(2,3)20-16(18)19-12-14-5-4-6-15(11-14)13-21-7-9-22-10-8-21/h4-6,11H,7-10,12-13H2,1-3H3,(H3,18,19,20). The van der Waals surface area contributed by atoms with E-state index in [0.29, 0.717) is 12.5 Å². The number of hydrogen-bond acceptors (Lipinski definition) is 3. The third kappa shape index (κ3) is 6.03. The van der Waals surface area contributed by atoms with E-state index in [2.05, 4.69) is 60.2 Å². The van der Waals surface area contributed by atoms with Crippen LogP contribution in [-0.4, -0.2) is 42.7 Å². The van der Waals surface area contributed by atoms with Crippen LogP contribution in [0.25, 0.3) is 0 Å². The Labute approximate surface area is 133 Å². The van der Waals surface area contributed by atoms with Gasteiger partial charge in [0.15, 0.2) is 5.96 Å². The molecule has 0 amide bonds. The van der Waals surface area contributed by atoms with Gasteiger partial charge in [-0.2, -0.15) is 0 Å². The molecule has 1 aromatic carbocycles. The topological polar surface area (TPSA) is 62.9 Å². The van der Waals surface area contributed by atoms with E-state index in [4.69, 9.17) is 10.5 Å². The second-order valence-corrected chi connectivity index (χ2v) is 6.78. The van der Waals surface area contributed by atoms with Gasteiger partial charge in [-0.3, -0.25) is 4.90 Å². The maximum atomic E-state index is 5.91. The molecule has 1 aliphatic heterocycles. The molecule has 0 unspecified atom stereocenters. The summed E-state index contributed by atoms with van der Waals surface area (Å²) in [6.07, 6.45) is 0. The van der Waals surface area contributed by atoms with Crippen molar-refractivity contribution in [2.24, 2.45) is 10.7 Å². The number of rotatable bonds is 4. The highest BCUT2D eigenvalue weighted by Gasteiger charge is 2.11. The quantitative estimate of drug-likeness (QED) is 0.657. The summed E-state index contributed by atoms with van der Waals surface area (Å²) in [5.41, 5.74) is 8.35. The summed E-state index contributed by atoms with van der Waals surface area (Å²) in [7, 11) is 0. The molecule has 0 aromatic heterocycles. The van der Waals surface area contributed by atoms with Crippen molar-refractivity contribution in [2.75, 3.05) is 26.3 Å². The first-order valence-corrected chi connectivity index (χ1v) is 7.88. The lowest BCUT2D eigenvalue weighted by Gasteiger charge is -2.26. The van der Waals surface area contributed by atoms with Crippen molar-refractivity contribution in [1.82, 2.24) is 10.2 Å². The van der Waals surface area contributed by atoms with Crippen LogP contribution in [0.1, 0.15) is 31.9 Å². The lowest BCUT2D eigenvalue weighted by atomic mass is 10.1. The minimum Gasteiger partial charge on any atom is -0.379 e. The van der Waals surface area contributed by atoms with Crippen molar-refractivity contribution in [3.05, 3.63) is 35.4 Å². The molecule has 22 heavy (non-hydrogen) atoms. The van der Waals surface area contributed by atoms with Crippen LogP contribution in [-0.2, 0) is 17.8 Å². The van der Waals surface area contributed by atoms with Gasteiger partial charge >= 0.3 is 0 Å². The number of aliphatic imine (C=N–C) groups is 1. The van der Waals surface area contributed by atoms with Crippen molar-refractivity contribution in [2.45, 2.75) is 39.4 Å². The van der Waals surface area contributed by atoms with Gasteiger partial charge in [-0.15, -0.1) is 0 Å². The van der Waals surface area contributed by atoms with E-state index in [1.54, 1.807) is 0 Å². The monoisotopic (exact) mass is 304 g/mol. The first-order chi connectivity index (χ1) is 10.4. The highest BCUT2D eigenvalue weighted by atomic mass is 16.5. The van der Waals surface area contributed by atoms with Crippen molar-refractivity contribution in [3.8, 4) is 0 Å². The van der Waals surface area contributed by atoms with Crippen LogP contribution in [0.4, 0.5) is 0 Å². The van der Waals surface area contributed by atoms with Crippen molar-refractivity contribution in [3.63, 3.8) is 0 Å². The molecule has 5 heteroatoms. The van der Waals surface area contributed by atoms with Crippen LogP contribution in [0.15, 0.2) is 29.3 Å². The summed E-state index contributed by atoms with van der Waals surface area (Å²) in [5.74, 6) is 0.492. The highest BCUT2D eigenvalue weighted by Crippen LogP contribution is 2.11. The van der Waals surface area contributed by atoms with Gasteiger partial charge in [0.1, 0.15) is 0 Å². The zero-order valence-electron chi connectivity index (χ0n) is 13.9. The van der Waals surface area contributed by atoms with Gasteiger partial charge in [-0.05, 0) is 31.9 Å². The lowest BCUT2D eigenvalue weighted by molar-refractivity contribution is 0.0342. The molecule has 0 radical (unpaired) electrons. The fourth-order valence-electron chi connectivity index (χ4n) is 2.44. The fourth-order valence-corrected chi connectivity index (χ4v) is 2.44. The largest absolute Gasteiger partial charge is 0.379 e. The number of hydrogen-bond donors (Lipinski definition) is 2. The molecule has 1 aliphatic rings. The molecular weight excluding hydrogens is 276 g/mol. The number of benzene rings is 1. The van der Waals surface area contributed by atoms with E-state index >= 15 is 0 Å². The fraction of sp³-hybridized carbons (Fsp3) is 0.588. The van der Waals surface area contributed by atoms with Crippen LogP contribution >= 0.6 is 0 Å². The molecule has 0 bridgehead atoms. The Balaban J connectivity index is 1.92. The lowest BCUT2D eigenvalue weighted by Crippen LogP contribution is -2.44. The first-order valence-electron chi connectivity index (χ1n) is 7.88. The van der Waals surface area contributed by atoms with E-state index in [9.17, 15) is 0 Å². The molecule has 1 aromatic rings. The summed E-state index contributed by atoms with van der Waals surface area (Å²) >= 11 is 0. The SMILES string of the molecule is CC(C)(C)NC(N)=NCc1cccc(CN2CCOCC2)c1. The van der Waals surface area contributed by atoms with Gasteiger partial charge < -0.3 is 15.8 Å². The highest BCUT2D eigenvalue weighted by molar-refractivity contribution is 5.78. The van der Waals surface area contributed by atoms with Crippen molar-refractivity contribution >= 4 is 5.96 Å². The molecule has 2 rings (SSSR count). The molecule has 0 atom stereocenters. The zero-order valence-corrected chi connectivity index (χ0v) is 13.9. The second kappa shape index (κ2) is 7.61. The van der Waals surface area contributed by atoms with Crippen LogP contribution < -0.4 is 11.1 Å². The molecule has 1 heterocycles. The predicted octanol–water partition coefficient (Wildman–Crippen LogP) is 1.72. The molecule has 0 spiro atoms. The predicted molar refractivity (Wildman–Crippen MR) is 90.8 cm³/mol. The zero-order chi connectivity index (χ0) is 16.0. The van der Waals surface area contributed by atoms with E-state index in [0.717, 1.165) is 32.8 Å². The van der Waals surface area contributed by atoms with Crippen LogP contribution in [0.2, 0.25) is 0 Å². The van der Waals surface area contributed by atoms with E-state index in [1.165, 1.54) is 11.1 Å². The molecule has 5 nitrogen and oxygen atoms in total. The molecule has 0 saturated carbocycles. The number of nitrogens with zero attached hydrogens (tertiary/aromatic N) is 2. The Morgan fingerprint density at radius 2 is 1.95 bits per heavy atom. The third-order valence-electron chi connectivity index (χ3n) is 3.44. The molecule has 1 fully saturated rings. The minimum atomic E-state index is -0.0637. The molecular formula is C17H28N4O. The van der Waals surface area contributed by atoms with Crippen LogP contribution in [0, 0.1) is 0 Å². The maximum Gasteiger partial charge on any atom is 0.189 e. The molecule has 0 aliphatic carbocycles. The van der Waals surface area contributed by atoms with Gasteiger partial charge in [0.25, 0.3) is 0 Å². The Kier molecular flexibility index (Phi) is 5.80. The Bertz CT molecular complexity index is 502. The average Bonchev–Trinajstić information content (AvgIpc) is 2.45. The summed E-state index contributed by atoms with van der Waals surface area (Å²) in [6.45, 7) is 11.4. The molecule has 122 valence electrons. The smallest absolute Gasteiger partial charge is 0.189 e. The molecule has 1 saturated heterocycles. The number of guanidine groups is 1. The van der Waals surface area contributed by atoms with Crippen LogP contribution in [0.3, 0.4) is 0 Å². The van der Waals surface area contributed by atoms with E-state index in [-0.39, 0.29) is 5.54 Å². The number of nitrogens with one attached hydrogen (secondary N) is 1. The van der Waals surface area contributed by atoms with E-state index in [1.807, 2.05) is 0 Å². The Morgan fingerprint density at radius 3 is 2.64 bits per heavy atom. The Morgan fingerprint density at radius 1 is 1.27 bits per heavy atom.